The molecule has 3 N–H and O–H groups in total. The number of aliphatic hydroxyl groups is 1. The molecule has 0 heterocycles. The minimum Gasteiger partial charge on any atom is -0.406 e. The number of aliphatic hydroxyl groups excluding tert-OH is 1. The molecule has 0 bridgehead atoms. The number of hydrogen-bond donors (Lipinski definition) is 3. The molecule has 0 radical (unpaired) electrons. The molecular weight excluding hydrogens is 397 g/mol. The van der Waals surface area contributed by atoms with Crippen molar-refractivity contribution >= 4 is 17.4 Å². The Morgan fingerprint density at radius 3 is 2.33 bits per heavy atom. The normalized spacial score (nSPS) is 11.1. The first kappa shape index (κ1) is 21.2. The van der Waals surface area contributed by atoms with Gasteiger partial charge in [0.05, 0.1) is 0 Å². The van der Waals surface area contributed by atoms with Gasteiger partial charge in [-0.2, -0.15) is 0 Å². The third-order valence-electron chi connectivity index (χ3n) is 4.17. The highest BCUT2D eigenvalue weighted by molar-refractivity contribution is 6.00. The van der Waals surface area contributed by atoms with E-state index in [9.17, 15) is 18.0 Å². The Labute approximate surface area is 171 Å². The molecule has 3 aromatic carbocycles. The molecule has 0 saturated carbocycles. The highest BCUT2D eigenvalue weighted by Gasteiger charge is 2.31. The summed E-state index contributed by atoms with van der Waals surface area (Å²) < 4.78 is 41.3. The Bertz CT molecular complexity index is 1020. The third-order valence-corrected chi connectivity index (χ3v) is 4.17. The largest absolute Gasteiger partial charge is 0.573 e. The molecule has 156 valence electrons. The smallest absolute Gasteiger partial charge is 0.406 e. The maximum Gasteiger partial charge on any atom is 0.573 e. The van der Waals surface area contributed by atoms with Crippen LogP contribution in [0.15, 0.2) is 72.8 Å². The number of urea groups is 1. The van der Waals surface area contributed by atoms with Gasteiger partial charge in [-0.3, -0.25) is 0 Å². The zero-order chi connectivity index (χ0) is 21.6. The molecule has 8 heteroatoms. The molecule has 0 aliphatic rings. The molecule has 3 rings (SSSR count). The van der Waals surface area contributed by atoms with Gasteiger partial charge in [0.2, 0.25) is 0 Å². The van der Waals surface area contributed by atoms with Crippen LogP contribution in [0, 0.1) is 0 Å². The van der Waals surface area contributed by atoms with E-state index in [1.165, 1.54) is 18.2 Å². The van der Waals surface area contributed by atoms with Crippen LogP contribution in [0.25, 0.3) is 11.1 Å². The fourth-order valence-electron chi connectivity index (χ4n) is 2.91. The number of amides is 2. The molecule has 0 atom stereocenters. The third kappa shape index (κ3) is 5.99. The van der Waals surface area contributed by atoms with E-state index in [0.29, 0.717) is 28.9 Å². The van der Waals surface area contributed by atoms with Gasteiger partial charge in [-0.05, 0) is 53.4 Å². The fourth-order valence-corrected chi connectivity index (χ4v) is 2.91. The second-order valence-corrected chi connectivity index (χ2v) is 6.37. The van der Waals surface area contributed by atoms with E-state index in [1.807, 2.05) is 12.1 Å². The summed E-state index contributed by atoms with van der Waals surface area (Å²) in [6, 6.07) is 18.9. The van der Waals surface area contributed by atoms with E-state index in [4.69, 9.17) is 5.11 Å². The molecular formula is C22H19F3N2O3. The fraction of sp³-hybridized carbons (Fsp3) is 0.136. The topological polar surface area (TPSA) is 70.6 Å². The Balaban J connectivity index is 1.73. The Morgan fingerprint density at radius 1 is 0.900 bits per heavy atom. The van der Waals surface area contributed by atoms with E-state index in [0.717, 1.165) is 5.56 Å². The SMILES string of the molecule is O=C(Nc1cccc(-c2cccc(OC(F)(F)F)c2)c1)Nc1ccccc1CCO. The highest BCUT2D eigenvalue weighted by atomic mass is 19.4. The first-order chi connectivity index (χ1) is 14.3. The lowest BCUT2D eigenvalue weighted by atomic mass is 10.0. The molecule has 0 unspecified atom stereocenters. The molecule has 0 aliphatic carbocycles. The van der Waals surface area contributed by atoms with Crippen LogP contribution in [-0.4, -0.2) is 24.1 Å². The molecule has 0 aliphatic heterocycles. The minimum absolute atomic E-state index is 0.0422. The molecule has 0 fully saturated rings. The molecule has 0 spiro atoms. The van der Waals surface area contributed by atoms with Crippen LogP contribution in [-0.2, 0) is 6.42 Å². The number of anilines is 2. The second kappa shape index (κ2) is 9.32. The molecule has 3 aromatic rings. The number of halogens is 3. The van der Waals surface area contributed by atoms with Crippen LogP contribution in [0.3, 0.4) is 0 Å². The number of alkyl halides is 3. The van der Waals surface area contributed by atoms with Crippen molar-refractivity contribution in [1.29, 1.82) is 0 Å². The average Bonchev–Trinajstić information content (AvgIpc) is 2.69. The Hall–Kier alpha value is -3.52. The summed E-state index contributed by atoms with van der Waals surface area (Å²) in [6.07, 6.45) is -4.37. The van der Waals surface area contributed by atoms with Crippen molar-refractivity contribution in [1.82, 2.24) is 0 Å². The summed E-state index contributed by atoms with van der Waals surface area (Å²) in [4.78, 5) is 12.4. The van der Waals surface area contributed by atoms with Gasteiger partial charge in [0.15, 0.2) is 0 Å². The average molecular weight is 416 g/mol. The van der Waals surface area contributed by atoms with Crippen LogP contribution in [0.4, 0.5) is 29.3 Å². The highest BCUT2D eigenvalue weighted by Crippen LogP contribution is 2.29. The van der Waals surface area contributed by atoms with Crippen LogP contribution in [0.2, 0.25) is 0 Å². The summed E-state index contributed by atoms with van der Waals surface area (Å²) in [5.41, 5.74) is 2.96. The monoisotopic (exact) mass is 416 g/mol. The van der Waals surface area contributed by atoms with E-state index < -0.39 is 12.4 Å². The van der Waals surface area contributed by atoms with Gasteiger partial charge in [-0.15, -0.1) is 13.2 Å². The lowest BCUT2D eigenvalue weighted by Gasteiger charge is -2.13. The van der Waals surface area contributed by atoms with Crippen LogP contribution in [0.1, 0.15) is 5.56 Å². The maximum absolute atomic E-state index is 12.4. The van der Waals surface area contributed by atoms with Gasteiger partial charge < -0.3 is 20.5 Å². The second-order valence-electron chi connectivity index (χ2n) is 6.37. The van der Waals surface area contributed by atoms with Gasteiger partial charge in [0.1, 0.15) is 5.75 Å². The number of para-hydroxylation sites is 1. The van der Waals surface area contributed by atoms with Crippen LogP contribution >= 0.6 is 0 Å². The van der Waals surface area contributed by atoms with Crippen molar-refractivity contribution < 1.29 is 27.8 Å². The maximum atomic E-state index is 12.4. The number of hydrogen-bond acceptors (Lipinski definition) is 3. The zero-order valence-electron chi connectivity index (χ0n) is 15.7. The quantitative estimate of drug-likeness (QED) is 0.502. The number of ether oxygens (including phenoxy) is 1. The van der Waals surface area contributed by atoms with E-state index in [1.54, 1.807) is 42.5 Å². The lowest BCUT2D eigenvalue weighted by Crippen LogP contribution is -2.20. The predicted molar refractivity (Wildman–Crippen MR) is 108 cm³/mol. The summed E-state index contributed by atoms with van der Waals surface area (Å²) in [7, 11) is 0. The number of rotatable bonds is 6. The van der Waals surface area contributed by atoms with Gasteiger partial charge in [-0.25, -0.2) is 4.79 Å². The lowest BCUT2D eigenvalue weighted by molar-refractivity contribution is -0.274. The zero-order valence-corrected chi connectivity index (χ0v) is 15.7. The summed E-state index contributed by atoms with van der Waals surface area (Å²) in [6.45, 7) is -0.0422. The Kier molecular flexibility index (Phi) is 6.58. The van der Waals surface area contributed by atoms with Crippen molar-refractivity contribution in [3.05, 3.63) is 78.4 Å². The van der Waals surface area contributed by atoms with Crippen molar-refractivity contribution in [3.63, 3.8) is 0 Å². The molecule has 0 saturated heterocycles. The number of benzene rings is 3. The van der Waals surface area contributed by atoms with Crippen molar-refractivity contribution in [3.8, 4) is 16.9 Å². The van der Waals surface area contributed by atoms with Gasteiger partial charge in [0.25, 0.3) is 0 Å². The van der Waals surface area contributed by atoms with Crippen molar-refractivity contribution in [2.24, 2.45) is 0 Å². The molecule has 30 heavy (non-hydrogen) atoms. The van der Waals surface area contributed by atoms with Gasteiger partial charge in [0, 0.05) is 18.0 Å². The van der Waals surface area contributed by atoms with Crippen LogP contribution in [0.5, 0.6) is 5.75 Å². The van der Waals surface area contributed by atoms with Gasteiger partial charge in [-0.1, -0.05) is 42.5 Å². The Morgan fingerprint density at radius 2 is 1.60 bits per heavy atom. The summed E-state index contributed by atoms with van der Waals surface area (Å²) >= 11 is 0. The summed E-state index contributed by atoms with van der Waals surface area (Å²) in [5.74, 6) is -0.323. The van der Waals surface area contributed by atoms with Crippen LogP contribution < -0.4 is 15.4 Å². The standard InChI is InChI=1S/C22H19F3N2O3/c23-22(24,25)30-19-9-4-7-17(14-19)16-6-3-8-18(13-16)26-21(29)27-20-10-2-1-5-15(20)11-12-28/h1-10,13-14,28H,11-12H2,(H2,26,27,29). The summed E-state index contributed by atoms with van der Waals surface area (Å²) in [5, 5.41) is 14.6. The van der Waals surface area contributed by atoms with Crippen molar-refractivity contribution in [2.45, 2.75) is 12.8 Å². The number of carbonyl (C=O) groups is 1. The predicted octanol–water partition coefficient (Wildman–Crippen LogP) is 5.43. The van der Waals surface area contributed by atoms with Gasteiger partial charge >= 0.3 is 12.4 Å². The van der Waals surface area contributed by atoms with E-state index in [-0.39, 0.29) is 12.4 Å². The molecule has 5 nitrogen and oxygen atoms in total. The number of nitrogens with one attached hydrogen (secondary N) is 2. The first-order valence-corrected chi connectivity index (χ1v) is 9.07. The molecule has 2 amide bonds. The van der Waals surface area contributed by atoms with E-state index >= 15 is 0 Å². The molecule has 0 aromatic heterocycles. The minimum atomic E-state index is -4.77. The first-order valence-electron chi connectivity index (χ1n) is 9.07. The van der Waals surface area contributed by atoms with Crippen molar-refractivity contribution in [2.75, 3.05) is 17.2 Å². The number of carbonyl (C=O) groups excluding carboxylic acids is 1. The van der Waals surface area contributed by atoms with E-state index in [2.05, 4.69) is 15.4 Å².